The van der Waals surface area contributed by atoms with Gasteiger partial charge in [-0.2, -0.15) is 0 Å². The van der Waals surface area contributed by atoms with E-state index in [1.807, 2.05) is 0 Å². The molecule has 21 heavy (non-hydrogen) atoms. The van der Waals surface area contributed by atoms with E-state index in [9.17, 15) is 4.79 Å². The van der Waals surface area contributed by atoms with E-state index in [4.69, 9.17) is 10.5 Å². The van der Waals surface area contributed by atoms with Crippen molar-refractivity contribution in [3.63, 3.8) is 0 Å². The second-order valence-electron chi connectivity index (χ2n) is 6.19. The van der Waals surface area contributed by atoms with E-state index < -0.39 is 0 Å². The number of ether oxygens (including phenoxy) is 1. The molecule has 2 rings (SSSR count). The van der Waals surface area contributed by atoms with E-state index in [1.165, 1.54) is 19.3 Å². The first-order valence-corrected chi connectivity index (χ1v) is 7.78. The molecule has 1 amide bonds. The molecule has 1 saturated carbocycles. The number of para-hydroxylation sites is 1. The average molecular weight is 290 g/mol. The first-order valence-electron chi connectivity index (χ1n) is 7.78. The first-order chi connectivity index (χ1) is 10.0. The number of benzene rings is 1. The van der Waals surface area contributed by atoms with Crippen LogP contribution in [-0.2, 0) is 0 Å². The Morgan fingerprint density at radius 2 is 2.05 bits per heavy atom. The summed E-state index contributed by atoms with van der Waals surface area (Å²) >= 11 is 0. The van der Waals surface area contributed by atoms with Crippen LogP contribution in [0.2, 0.25) is 0 Å². The Kier molecular flexibility index (Phi) is 5.10. The molecule has 0 heterocycles. The van der Waals surface area contributed by atoms with Crippen molar-refractivity contribution in [3.8, 4) is 5.75 Å². The molecule has 1 aliphatic carbocycles. The van der Waals surface area contributed by atoms with E-state index >= 15 is 0 Å². The zero-order chi connectivity index (χ0) is 15.4. The fourth-order valence-corrected chi connectivity index (χ4v) is 3.30. The lowest BCUT2D eigenvalue weighted by Gasteiger charge is -2.35. The molecule has 1 aromatic rings. The van der Waals surface area contributed by atoms with Gasteiger partial charge in [0.05, 0.1) is 18.4 Å². The van der Waals surface area contributed by atoms with Crippen LogP contribution >= 0.6 is 0 Å². The number of anilines is 1. The summed E-state index contributed by atoms with van der Waals surface area (Å²) < 4.78 is 5.18. The summed E-state index contributed by atoms with van der Waals surface area (Å²) in [5.41, 5.74) is 6.92. The number of carbonyl (C=O) groups is 1. The van der Waals surface area contributed by atoms with Gasteiger partial charge < -0.3 is 15.8 Å². The summed E-state index contributed by atoms with van der Waals surface area (Å²) in [6.07, 6.45) is 4.69. The highest BCUT2D eigenvalue weighted by molar-refractivity contribution is 6.00. The highest BCUT2D eigenvalue weighted by Crippen LogP contribution is 2.31. The molecule has 1 aliphatic rings. The standard InChI is InChI=1S/C17H26N2O2/c1-11(2)12-7-4-5-9-14(12)19-17(20)13-8-6-10-15(21-3)16(13)18/h6,8,10-12,14H,4-5,7,9,18H2,1-3H3,(H,19,20). The summed E-state index contributed by atoms with van der Waals surface area (Å²) in [5, 5.41) is 3.18. The van der Waals surface area contributed by atoms with Gasteiger partial charge in [0.15, 0.2) is 0 Å². The summed E-state index contributed by atoms with van der Waals surface area (Å²) in [4.78, 5) is 12.5. The Hall–Kier alpha value is -1.71. The molecule has 0 radical (unpaired) electrons. The third-order valence-electron chi connectivity index (χ3n) is 4.52. The number of carbonyl (C=O) groups excluding carboxylic acids is 1. The lowest BCUT2D eigenvalue weighted by Crippen LogP contribution is -2.44. The quantitative estimate of drug-likeness (QED) is 0.837. The molecule has 3 N–H and O–H groups in total. The third kappa shape index (κ3) is 3.49. The molecule has 0 aromatic heterocycles. The number of methoxy groups -OCH3 is 1. The molecule has 1 aromatic carbocycles. The number of nitrogens with one attached hydrogen (secondary N) is 1. The van der Waals surface area contributed by atoms with Gasteiger partial charge in [0.2, 0.25) is 0 Å². The van der Waals surface area contributed by atoms with Gasteiger partial charge in [-0.25, -0.2) is 0 Å². The summed E-state index contributed by atoms with van der Waals surface area (Å²) in [7, 11) is 1.56. The highest BCUT2D eigenvalue weighted by atomic mass is 16.5. The molecule has 2 unspecified atom stereocenters. The highest BCUT2D eigenvalue weighted by Gasteiger charge is 2.29. The van der Waals surface area contributed by atoms with Crippen molar-refractivity contribution in [2.45, 2.75) is 45.6 Å². The SMILES string of the molecule is COc1cccc(C(=O)NC2CCCCC2C(C)C)c1N. The average Bonchev–Trinajstić information content (AvgIpc) is 2.47. The molecule has 4 nitrogen and oxygen atoms in total. The molecule has 0 bridgehead atoms. The van der Waals surface area contributed by atoms with Crippen LogP contribution in [0.15, 0.2) is 18.2 Å². The fraction of sp³-hybridized carbons (Fsp3) is 0.588. The zero-order valence-corrected chi connectivity index (χ0v) is 13.2. The Labute approximate surface area is 127 Å². The van der Waals surface area contributed by atoms with Gasteiger partial charge in [-0.15, -0.1) is 0 Å². The van der Waals surface area contributed by atoms with Crippen molar-refractivity contribution in [2.24, 2.45) is 11.8 Å². The van der Waals surface area contributed by atoms with E-state index in [-0.39, 0.29) is 11.9 Å². The maximum Gasteiger partial charge on any atom is 0.253 e. The van der Waals surface area contributed by atoms with Crippen LogP contribution in [0.4, 0.5) is 5.69 Å². The molecule has 0 saturated heterocycles. The first kappa shape index (κ1) is 15.7. The van der Waals surface area contributed by atoms with Gasteiger partial charge in [-0.1, -0.05) is 32.8 Å². The number of rotatable bonds is 4. The van der Waals surface area contributed by atoms with Gasteiger partial charge in [-0.05, 0) is 36.8 Å². The maximum absolute atomic E-state index is 12.5. The fourth-order valence-electron chi connectivity index (χ4n) is 3.30. The number of hydrogen-bond acceptors (Lipinski definition) is 3. The predicted molar refractivity (Wildman–Crippen MR) is 85.5 cm³/mol. The summed E-state index contributed by atoms with van der Waals surface area (Å²) in [5.74, 6) is 1.59. The van der Waals surface area contributed by atoms with E-state index in [0.29, 0.717) is 28.8 Å². The van der Waals surface area contributed by atoms with Crippen molar-refractivity contribution in [2.75, 3.05) is 12.8 Å². The van der Waals surface area contributed by atoms with Crippen molar-refractivity contribution >= 4 is 11.6 Å². The Morgan fingerprint density at radius 3 is 2.71 bits per heavy atom. The second kappa shape index (κ2) is 6.83. The van der Waals surface area contributed by atoms with E-state index in [2.05, 4.69) is 19.2 Å². The Balaban J connectivity index is 2.13. The molecule has 2 atom stereocenters. The van der Waals surface area contributed by atoms with Gasteiger partial charge in [0.25, 0.3) is 5.91 Å². The lowest BCUT2D eigenvalue weighted by molar-refractivity contribution is 0.0890. The summed E-state index contributed by atoms with van der Waals surface area (Å²) in [6.45, 7) is 4.46. The third-order valence-corrected chi connectivity index (χ3v) is 4.52. The summed E-state index contributed by atoms with van der Waals surface area (Å²) in [6, 6.07) is 5.56. The van der Waals surface area contributed by atoms with Gasteiger partial charge in [-0.3, -0.25) is 4.79 Å². The van der Waals surface area contributed by atoms with Crippen LogP contribution in [0.1, 0.15) is 49.9 Å². The molecular formula is C17H26N2O2. The molecule has 4 heteroatoms. The van der Waals surface area contributed by atoms with Gasteiger partial charge in [0.1, 0.15) is 5.75 Å². The number of hydrogen-bond donors (Lipinski definition) is 2. The monoisotopic (exact) mass is 290 g/mol. The largest absolute Gasteiger partial charge is 0.495 e. The van der Waals surface area contributed by atoms with Crippen LogP contribution < -0.4 is 15.8 Å². The maximum atomic E-state index is 12.5. The minimum Gasteiger partial charge on any atom is -0.495 e. The van der Waals surface area contributed by atoms with Crippen LogP contribution in [0, 0.1) is 11.8 Å². The second-order valence-corrected chi connectivity index (χ2v) is 6.19. The number of amides is 1. The molecule has 116 valence electrons. The number of nitrogen functional groups attached to an aromatic ring is 1. The molecular weight excluding hydrogens is 264 g/mol. The van der Waals surface area contributed by atoms with Crippen LogP contribution in [0.5, 0.6) is 5.75 Å². The van der Waals surface area contributed by atoms with Crippen molar-refractivity contribution in [1.82, 2.24) is 5.32 Å². The van der Waals surface area contributed by atoms with Crippen LogP contribution in [0.25, 0.3) is 0 Å². The van der Waals surface area contributed by atoms with Crippen molar-refractivity contribution in [3.05, 3.63) is 23.8 Å². The minimum atomic E-state index is -0.0936. The van der Waals surface area contributed by atoms with Crippen LogP contribution in [-0.4, -0.2) is 19.1 Å². The smallest absolute Gasteiger partial charge is 0.253 e. The lowest BCUT2D eigenvalue weighted by atomic mass is 9.78. The normalized spacial score (nSPS) is 22.1. The van der Waals surface area contributed by atoms with Crippen molar-refractivity contribution < 1.29 is 9.53 Å². The molecule has 0 aliphatic heterocycles. The predicted octanol–water partition coefficient (Wildman–Crippen LogP) is 3.22. The zero-order valence-electron chi connectivity index (χ0n) is 13.2. The molecule has 0 spiro atoms. The minimum absolute atomic E-state index is 0.0936. The Bertz CT molecular complexity index is 500. The van der Waals surface area contributed by atoms with Gasteiger partial charge >= 0.3 is 0 Å². The van der Waals surface area contributed by atoms with Gasteiger partial charge in [0, 0.05) is 6.04 Å². The Morgan fingerprint density at radius 1 is 1.33 bits per heavy atom. The topological polar surface area (TPSA) is 64.3 Å². The molecule has 1 fully saturated rings. The van der Waals surface area contributed by atoms with Crippen LogP contribution in [0.3, 0.4) is 0 Å². The van der Waals surface area contributed by atoms with Crippen molar-refractivity contribution in [1.29, 1.82) is 0 Å². The number of nitrogens with two attached hydrogens (primary N) is 1. The van der Waals surface area contributed by atoms with E-state index in [1.54, 1.807) is 25.3 Å². The van der Waals surface area contributed by atoms with E-state index in [0.717, 1.165) is 6.42 Å².